The lowest BCUT2D eigenvalue weighted by molar-refractivity contribution is 0.483. The van der Waals surface area contributed by atoms with Crippen LogP contribution in [0.5, 0.6) is 11.5 Å². The molecule has 21 heavy (non-hydrogen) atoms. The standard InChI is InChI=1S/C18H24N2O/c1-4-5-11-20-18-14(3)17(19)13(2)12-16(18)21-15-9-7-6-8-10-15/h6-10,12,20H,4-5,11,19H2,1-3H3. The molecule has 0 bridgehead atoms. The molecule has 2 rings (SSSR count). The van der Waals surface area contributed by atoms with Gasteiger partial charge < -0.3 is 15.8 Å². The molecule has 0 radical (unpaired) electrons. The minimum absolute atomic E-state index is 0.828. The van der Waals surface area contributed by atoms with Crippen molar-refractivity contribution in [2.24, 2.45) is 0 Å². The van der Waals surface area contributed by atoms with Crippen molar-refractivity contribution in [1.29, 1.82) is 0 Å². The number of nitrogens with one attached hydrogen (secondary N) is 1. The maximum Gasteiger partial charge on any atom is 0.151 e. The smallest absolute Gasteiger partial charge is 0.151 e. The minimum Gasteiger partial charge on any atom is -0.455 e. The largest absolute Gasteiger partial charge is 0.455 e. The second-order valence-corrected chi connectivity index (χ2v) is 5.30. The summed E-state index contributed by atoms with van der Waals surface area (Å²) in [5, 5.41) is 3.47. The van der Waals surface area contributed by atoms with Crippen LogP contribution in [0.25, 0.3) is 0 Å². The van der Waals surface area contributed by atoms with Gasteiger partial charge in [-0.05, 0) is 49.6 Å². The van der Waals surface area contributed by atoms with Gasteiger partial charge >= 0.3 is 0 Å². The van der Waals surface area contributed by atoms with E-state index in [1.165, 1.54) is 0 Å². The summed E-state index contributed by atoms with van der Waals surface area (Å²) in [6.07, 6.45) is 2.28. The predicted molar refractivity (Wildman–Crippen MR) is 90.2 cm³/mol. The topological polar surface area (TPSA) is 47.3 Å². The van der Waals surface area contributed by atoms with Crippen LogP contribution in [0.1, 0.15) is 30.9 Å². The summed E-state index contributed by atoms with van der Waals surface area (Å²) >= 11 is 0. The molecule has 0 fully saturated rings. The van der Waals surface area contributed by atoms with E-state index in [0.717, 1.165) is 53.4 Å². The number of benzene rings is 2. The molecule has 2 aromatic carbocycles. The average Bonchev–Trinajstić information content (AvgIpc) is 2.49. The van der Waals surface area contributed by atoms with Gasteiger partial charge in [0.1, 0.15) is 5.75 Å². The van der Waals surface area contributed by atoms with E-state index in [0.29, 0.717) is 0 Å². The highest BCUT2D eigenvalue weighted by molar-refractivity contribution is 5.73. The summed E-state index contributed by atoms with van der Waals surface area (Å²) in [6.45, 7) is 7.15. The molecule has 2 aromatic rings. The van der Waals surface area contributed by atoms with Gasteiger partial charge in [-0.2, -0.15) is 0 Å². The van der Waals surface area contributed by atoms with E-state index in [1.54, 1.807) is 0 Å². The number of aryl methyl sites for hydroxylation is 1. The van der Waals surface area contributed by atoms with Crippen LogP contribution in [0, 0.1) is 13.8 Å². The number of nitrogens with two attached hydrogens (primary N) is 1. The highest BCUT2D eigenvalue weighted by Gasteiger charge is 2.13. The number of hydrogen-bond donors (Lipinski definition) is 2. The number of para-hydroxylation sites is 1. The van der Waals surface area contributed by atoms with Crippen molar-refractivity contribution >= 4 is 11.4 Å². The summed E-state index contributed by atoms with van der Waals surface area (Å²) in [5.41, 5.74) is 10.1. The molecular weight excluding hydrogens is 260 g/mol. The van der Waals surface area contributed by atoms with Crippen LogP contribution in [0.2, 0.25) is 0 Å². The van der Waals surface area contributed by atoms with Gasteiger partial charge in [0.2, 0.25) is 0 Å². The zero-order chi connectivity index (χ0) is 15.2. The van der Waals surface area contributed by atoms with Gasteiger partial charge in [-0.3, -0.25) is 0 Å². The third kappa shape index (κ3) is 3.69. The van der Waals surface area contributed by atoms with Crippen LogP contribution in [-0.2, 0) is 0 Å². The molecule has 3 heteroatoms. The number of hydrogen-bond acceptors (Lipinski definition) is 3. The fourth-order valence-electron chi connectivity index (χ4n) is 2.27. The van der Waals surface area contributed by atoms with E-state index in [9.17, 15) is 0 Å². The summed E-state index contributed by atoms with van der Waals surface area (Å²) in [6, 6.07) is 11.8. The quantitative estimate of drug-likeness (QED) is 0.586. The molecule has 0 aliphatic carbocycles. The zero-order valence-corrected chi connectivity index (χ0v) is 13.1. The molecule has 112 valence electrons. The molecule has 0 aliphatic rings. The predicted octanol–water partition coefficient (Wildman–Crippen LogP) is 4.89. The summed E-state index contributed by atoms with van der Waals surface area (Å²) in [5.74, 6) is 1.67. The third-order valence-electron chi connectivity index (χ3n) is 3.60. The van der Waals surface area contributed by atoms with Gasteiger partial charge in [-0.15, -0.1) is 0 Å². The monoisotopic (exact) mass is 284 g/mol. The first-order valence-corrected chi connectivity index (χ1v) is 7.50. The molecule has 3 nitrogen and oxygen atoms in total. The van der Waals surface area contributed by atoms with Gasteiger partial charge in [0.25, 0.3) is 0 Å². The van der Waals surface area contributed by atoms with Crippen LogP contribution in [-0.4, -0.2) is 6.54 Å². The lowest BCUT2D eigenvalue weighted by Gasteiger charge is -2.18. The van der Waals surface area contributed by atoms with E-state index >= 15 is 0 Å². The molecule has 3 N–H and O–H groups in total. The summed E-state index contributed by atoms with van der Waals surface area (Å²) in [4.78, 5) is 0. The molecule has 0 unspecified atom stereocenters. The molecule has 0 saturated carbocycles. The SMILES string of the molecule is CCCCNc1c(Oc2ccccc2)cc(C)c(N)c1C. The van der Waals surface area contributed by atoms with Crippen molar-refractivity contribution in [3.8, 4) is 11.5 Å². The Kier molecular flexibility index (Phi) is 5.09. The molecule has 0 aliphatic heterocycles. The van der Waals surface area contributed by atoms with Gasteiger partial charge in [0.05, 0.1) is 5.69 Å². The van der Waals surface area contributed by atoms with E-state index in [4.69, 9.17) is 10.5 Å². The number of nitrogen functional groups attached to an aromatic ring is 1. The van der Waals surface area contributed by atoms with Crippen molar-refractivity contribution in [2.45, 2.75) is 33.6 Å². The Morgan fingerprint density at radius 3 is 2.52 bits per heavy atom. The van der Waals surface area contributed by atoms with E-state index in [-0.39, 0.29) is 0 Å². The van der Waals surface area contributed by atoms with Crippen molar-refractivity contribution < 1.29 is 4.74 Å². The zero-order valence-electron chi connectivity index (χ0n) is 13.1. The second kappa shape index (κ2) is 7.02. The van der Waals surface area contributed by atoms with Gasteiger partial charge in [-0.25, -0.2) is 0 Å². The van der Waals surface area contributed by atoms with E-state index in [1.807, 2.05) is 50.2 Å². The Hall–Kier alpha value is -2.16. The Bertz CT molecular complexity index is 594. The average molecular weight is 284 g/mol. The first-order valence-electron chi connectivity index (χ1n) is 7.50. The van der Waals surface area contributed by atoms with Crippen molar-refractivity contribution in [1.82, 2.24) is 0 Å². The Balaban J connectivity index is 2.33. The van der Waals surface area contributed by atoms with Crippen LogP contribution in [0.4, 0.5) is 11.4 Å². The van der Waals surface area contributed by atoms with Crippen molar-refractivity contribution in [3.63, 3.8) is 0 Å². The fraction of sp³-hybridized carbons (Fsp3) is 0.333. The lowest BCUT2D eigenvalue weighted by atomic mass is 10.1. The normalized spacial score (nSPS) is 10.4. The molecular formula is C18H24N2O. The summed E-state index contributed by atoms with van der Waals surface area (Å²) < 4.78 is 6.04. The molecule has 0 saturated heterocycles. The van der Waals surface area contributed by atoms with Crippen molar-refractivity contribution in [3.05, 3.63) is 47.5 Å². The number of anilines is 2. The maximum absolute atomic E-state index is 6.15. The number of ether oxygens (including phenoxy) is 1. The summed E-state index contributed by atoms with van der Waals surface area (Å²) in [7, 11) is 0. The van der Waals surface area contributed by atoms with Crippen LogP contribution < -0.4 is 15.8 Å². The second-order valence-electron chi connectivity index (χ2n) is 5.30. The molecule has 0 spiro atoms. The molecule has 0 atom stereocenters. The van der Waals surface area contributed by atoms with Gasteiger partial charge in [0, 0.05) is 12.2 Å². The number of unbranched alkanes of at least 4 members (excludes halogenated alkanes) is 1. The first kappa shape index (κ1) is 15.2. The maximum atomic E-state index is 6.15. The van der Waals surface area contributed by atoms with E-state index in [2.05, 4.69) is 12.2 Å². The number of rotatable bonds is 6. The van der Waals surface area contributed by atoms with Crippen LogP contribution in [0.3, 0.4) is 0 Å². The van der Waals surface area contributed by atoms with Crippen molar-refractivity contribution in [2.75, 3.05) is 17.6 Å². The lowest BCUT2D eigenvalue weighted by Crippen LogP contribution is -2.07. The van der Waals surface area contributed by atoms with Gasteiger partial charge in [-0.1, -0.05) is 31.5 Å². The molecule has 0 amide bonds. The molecule has 0 heterocycles. The van der Waals surface area contributed by atoms with Crippen LogP contribution in [0.15, 0.2) is 36.4 Å². The fourth-order valence-corrected chi connectivity index (χ4v) is 2.27. The van der Waals surface area contributed by atoms with E-state index < -0.39 is 0 Å². The molecule has 0 aromatic heterocycles. The minimum atomic E-state index is 0.828. The third-order valence-corrected chi connectivity index (χ3v) is 3.60. The first-order chi connectivity index (χ1) is 10.1. The highest BCUT2D eigenvalue weighted by atomic mass is 16.5. The Morgan fingerprint density at radius 2 is 1.86 bits per heavy atom. The Labute approximate surface area is 127 Å². The highest BCUT2D eigenvalue weighted by Crippen LogP contribution is 2.37. The van der Waals surface area contributed by atoms with Crippen LogP contribution >= 0.6 is 0 Å². The van der Waals surface area contributed by atoms with Gasteiger partial charge in [0.15, 0.2) is 5.75 Å². The Morgan fingerprint density at radius 1 is 1.14 bits per heavy atom.